The molecule has 0 aromatic carbocycles. The van der Waals surface area contributed by atoms with Crippen LogP contribution >= 0.6 is 0 Å². The standard InChI is InChI=1S/C14H29N3O/c1-5-12(16)10-13(11(3)4)17(9-7-8-15)14(18)6-2/h6,11-13H,2,5,7-10,15-16H2,1,3-4H3. The van der Waals surface area contributed by atoms with Gasteiger partial charge in [-0.15, -0.1) is 0 Å². The average molecular weight is 255 g/mol. The number of hydrogen-bond donors (Lipinski definition) is 2. The van der Waals surface area contributed by atoms with Crippen molar-refractivity contribution < 1.29 is 4.79 Å². The van der Waals surface area contributed by atoms with Crippen molar-refractivity contribution in [3.8, 4) is 0 Å². The third-order valence-corrected chi connectivity index (χ3v) is 3.30. The molecule has 4 N–H and O–H groups in total. The van der Waals surface area contributed by atoms with Crippen LogP contribution in [0.4, 0.5) is 0 Å². The van der Waals surface area contributed by atoms with E-state index in [0.717, 1.165) is 19.3 Å². The second kappa shape index (κ2) is 9.11. The summed E-state index contributed by atoms with van der Waals surface area (Å²) in [4.78, 5) is 13.8. The van der Waals surface area contributed by atoms with Crippen LogP contribution in [0.2, 0.25) is 0 Å². The van der Waals surface area contributed by atoms with E-state index in [1.54, 1.807) is 0 Å². The molecule has 0 saturated heterocycles. The number of nitrogens with zero attached hydrogens (tertiary/aromatic N) is 1. The van der Waals surface area contributed by atoms with Gasteiger partial charge in [-0.05, 0) is 37.8 Å². The van der Waals surface area contributed by atoms with Crippen molar-refractivity contribution in [3.05, 3.63) is 12.7 Å². The number of carbonyl (C=O) groups is 1. The molecule has 0 aliphatic heterocycles. The van der Waals surface area contributed by atoms with Crippen molar-refractivity contribution in [2.45, 2.75) is 52.1 Å². The number of amides is 1. The molecule has 0 fully saturated rings. The van der Waals surface area contributed by atoms with E-state index in [4.69, 9.17) is 11.5 Å². The summed E-state index contributed by atoms with van der Waals surface area (Å²) in [7, 11) is 0. The molecule has 0 bridgehead atoms. The average Bonchev–Trinajstić information content (AvgIpc) is 2.36. The SMILES string of the molecule is C=CC(=O)N(CCCN)C(CC(N)CC)C(C)C. The Morgan fingerprint density at radius 1 is 1.44 bits per heavy atom. The van der Waals surface area contributed by atoms with E-state index in [1.807, 2.05) is 4.90 Å². The van der Waals surface area contributed by atoms with E-state index >= 15 is 0 Å². The highest BCUT2D eigenvalue weighted by atomic mass is 16.2. The van der Waals surface area contributed by atoms with E-state index in [9.17, 15) is 4.79 Å². The third-order valence-electron chi connectivity index (χ3n) is 3.30. The lowest BCUT2D eigenvalue weighted by atomic mass is 9.94. The zero-order valence-electron chi connectivity index (χ0n) is 12.1. The molecule has 0 aliphatic carbocycles. The Labute approximate surface area is 111 Å². The maximum Gasteiger partial charge on any atom is 0.246 e. The molecule has 0 aromatic rings. The van der Waals surface area contributed by atoms with Crippen molar-refractivity contribution in [2.75, 3.05) is 13.1 Å². The molecule has 18 heavy (non-hydrogen) atoms. The van der Waals surface area contributed by atoms with Crippen molar-refractivity contribution in [2.24, 2.45) is 17.4 Å². The second-order valence-electron chi connectivity index (χ2n) is 5.09. The Morgan fingerprint density at radius 2 is 2.06 bits per heavy atom. The molecule has 4 nitrogen and oxygen atoms in total. The van der Waals surface area contributed by atoms with Crippen LogP contribution in [-0.2, 0) is 4.79 Å². The molecule has 0 radical (unpaired) electrons. The first-order valence-corrected chi connectivity index (χ1v) is 6.86. The Hall–Kier alpha value is -0.870. The van der Waals surface area contributed by atoms with Gasteiger partial charge < -0.3 is 16.4 Å². The Bertz CT molecular complexity index is 253. The quantitative estimate of drug-likeness (QED) is 0.613. The van der Waals surface area contributed by atoms with Crippen LogP contribution in [0.15, 0.2) is 12.7 Å². The van der Waals surface area contributed by atoms with Crippen LogP contribution in [0, 0.1) is 5.92 Å². The second-order valence-corrected chi connectivity index (χ2v) is 5.09. The lowest BCUT2D eigenvalue weighted by Gasteiger charge is -2.35. The lowest BCUT2D eigenvalue weighted by molar-refractivity contribution is -0.129. The number of carbonyl (C=O) groups excluding carboxylic acids is 1. The van der Waals surface area contributed by atoms with Gasteiger partial charge in [0.25, 0.3) is 0 Å². The minimum absolute atomic E-state index is 0.0227. The largest absolute Gasteiger partial charge is 0.336 e. The highest BCUT2D eigenvalue weighted by molar-refractivity contribution is 5.87. The van der Waals surface area contributed by atoms with Crippen LogP contribution in [-0.4, -0.2) is 36.0 Å². The summed E-state index contributed by atoms with van der Waals surface area (Å²) in [6, 6.07) is 0.299. The Kier molecular flexibility index (Phi) is 8.67. The summed E-state index contributed by atoms with van der Waals surface area (Å²) >= 11 is 0. The minimum atomic E-state index is -0.0227. The Morgan fingerprint density at radius 3 is 2.44 bits per heavy atom. The maximum absolute atomic E-state index is 12.0. The molecule has 2 unspecified atom stereocenters. The molecule has 0 heterocycles. The van der Waals surface area contributed by atoms with Gasteiger partial charge in [0, 0.05) is 18.6 Å². The predicted molar refractivity (Wildman–Crippen MR) is 77.1 cm³/mol. The maximum atomic E-state index is 12.0. The molecule has 0 spiro atoms. The summed E-state index contributed by atoms with van der Waals surface area (Å²) in [5.41, 5.74) is 11.6. The van der Waals surface area contributed by atoms with E-state index in [0.29, 0.717) is 19.0 Å². The molecule has 0 aliphatic rings. The van der Waals surface area contributed by atoms with E-state index < -0.39 is 0 Å². The van der Waals surface area contributed by atoms with Gasteiger partial charge in [-0.25, -0.2) is 0 Å². The number of nitrogens with two attached hydrogens (primary N) is 2. The molecule has 4 heteroatoms. The number of hydrogen-bond acceptors (Lipinski definition) is 3. The highest BCUT2D eigenvalue weighted by Crippen LogP contribution is 2.18. The van der Waals surface area contributed by atoms with Crippen molar-refractivity contribution >= 4 is 5.91 Å². The van der Waals surface area contributed by atoms with Gasteiger partial charge in [0.1, 0.15) is 0 Å². The summed E-state index contributed by atoms with van der Waals surface area (Å²) in [6.45, 7) is 11.2. The Balaban J connectivity index is 4.84. The van der Waals surface area contributed by atoms with Crippen LogP contribution < -0.4 is 11.5 Å². The van der Waals surface area contributed by atoms with Gasteiger partial charge in [0.2, 0.25) is 5.91 Å². The van der Waals surface area contributed by atoms with Gasteiger partial charge in [0.05, 0.1) is 0 Å². The molecular formula is C14H29N3O. The topological polar surface area (TPSA) is 72.3 Å². The van der Waals surface area contributed by atoms with Crippen molar-refractivity contribution in [1.29, 1.82) is 0 Å². The first-order valence-electron chi connectivity index (χ1n) is 6.86. The van der Waals surface area contributed by atoms with Gasteiger partial charge in [-0.2, -0.15) is 0 Å². The van der Waals surface area contributed by atoms with Crippen LogP contribution in [0.25, 0.3) is 0 Å². The zero-order valence-corrected chi connectivity index (χ0v) is 12.1. The molecule has 0 saturated carbocycles. The first kappa shape index (κ1) is 17.1. The van der Waals surface area contributed by atoms with Gasteiger partial charge in [-0.3, -0.25) is 4.79 Å². The van der Waals surface area contributed by atoms with Crippen molar-refractivity contribution in [3.63, 3.8) is 0 Å². The molecule has 0 rings (SSSR count). The zero-order chi connectivity index (χ0) is 14.1. The molecule has 1 amide bonds. The van der Waals surface area contributed by atoms with Gasteiger partial charge in [-0.1, -0.05) is 27.4 Å². The molecule has 106 valence electrons. The normalized spacial score (nSPS) is 14.3. The summed E-state index contributed by atoms with van der Waals surface area (Å²) in [5.74, 6) is 0.356. The smallest absolute Gasteiger partial charge is 0.246 e. The monoisotopic (exact) mass is 255 g/mol. The van der Waals surface area contributed by atoms with Gasteiger partial charge >= 0.3 is 0 Å². The van der Waals surface area contributed by atoms with Crippen LogP contribution in [0.3, 0.4) is 0 Å². The van der Waals surface area contributed by atoms with Crippen molar-refractivity contribution in [1.82, 2.24) is 4.90 Å². The fourth-order valence-corrected chi connectivity index (χ4v) is 2.05. The lowest BCUT2D eigenvalue weighted by Crippen LogP contribution is -2.46. The molecule has 0 aromatic heterocycles. The van der Waals surface area contributed by atoms with Gasteiger partial charge in [0.15, 0.2) is 0 Å². The van der Waals surface area contributed by atoms with E-state index in [1.165, 1.54) is 6.08 Å². The summed E-state index contributed by atoms with van der Waals surface area (Å²) < 4.78 is 0. The molecule has 2 atom stereocenters. The van der Waals surface area contributed by atoms with E-state index in [2.05, 4.69) is 27.4 Å². The first-order chi connectivity index (χ1) is 8.47. The third kappa shape index (κ3) is 5.65. The predicted octanol–water partition coefficient (Wildman–Crippen LogP) is 1.50. The minimum Gasteiger partial charge on any atom is -0.336 e. The van der Waals surface area contributed by atoms with E-state index in [-0.39, 0.29) is 18.0 Å². The fourth-order valence-electron chi connectivity index (χ4n) is 2.05. The van der Waals surface area contributed by atoms with Crippen LogP contribution in [0.5, 0.6) is 0 Å². The summed E-state index contributed by atoms with van der Waals surface area (Å²) in [5, 5.41) is 0. The molecular weight excluding hydrogens is 226 g/mol. The van der Waals surface area contributed by atoms with Crippen LogP contribution in [0.1, 0.15) is 40.0 Å². The number of rotatable bonds is 9. The fraction of sp³-hybridized carbons (Fsp3) is 0.786. The summed E-state index contributed by atoms with van der Waals surface area (Å²) in [6.07, 6.45) is 3.95. The highest BCUT2D eigenvalue weighted by Gasteiger charge is 2.25.